The Hall–Kier alpha value is -0.370. The molecule has 0 aromatic rings. The second kappa shape index (κ2) is 5.42. The van der Waals surface area contributed by atoms with E-state index in [1.165, 1.54) is 0 Å². The van der Waals surface area contributed by atoms with E-state index in [9.17, 15) is 4.79 Å². The Morgan fingerprint density at radius 1 is 1.70 bits per heavy atom. The molecule has 2 nitrogen and oxygen atoms in total. The predicted octanol–water partition coefficient (Wildman–Crippen LogP) is 1.30. The van der Waals surface area contributed by atoms with E-state index in [0.29, 0.717) is 6.42 Å². The van der Waals surface area contributed by atoms with Crippen LogP contribution in [0.2, 0.25) is 0 Å². The summed E-state index contributed by atoms with van der Waals surface area (Å²) in [5.74, 6) is 0.157. The number of nitrogens with two attached hydrogens (primary N) is 1. The molecule has 0 aliphatic carbocycles. The fraction of sp³-hybridized carbons (Fsp3) is 0.750. The maximum Gasteiger partial charge on any atom is 0.149 e. The van der Waals surface area contributed by atoms with Crippen molar-refractivity contribution in [2.24, 2.45) is 5.73 Å². The molecule has 0 amide bonds. The molecule has 59 valence electrons. The van der Waals surface area contributed by atoms with Crippen LogP contribution in [0.15, 0.2) is 0 Å². The zero-order valence-corrected chi connectivity index (χ0v) is 6.76. The molecule has 0 rings (SSSR count). The molecular weight excluding hydrogens is 126 g/mol. The molecule has 2 N–H and O–H groups in total. The van der Waals surface area contributed by atoms with Gasteiger partial charge in [0, 0.05) is 6.42 Å². The van der Waals surface area contributed by atoms with Crippen molar-refractivity contribution in [3.05, 3.63) is 6.42 Å². The minimum absolute atomic E-state index is 0.157. The van der Waals surface area contributed by atoms with Crippen molar-refractivity contribution in [3.63, 3.8) is 0 Å². The van der Waals surface area contributed by atoms with E-state index in [0.717, 1.165) is 12.8 Å². The van der Waals surface area contributed by atoms with Gasteiger partial charge in [0.25, 0.3) is 0 Å². The Morgan fingerprint density at radius 2 is 2.30 bits per heavy atom. The number of ketones is 1. The molecule has 0 aliphatic heterocycles. The summed E-state index contributed by atoms with van der Waals surface area (Å²) < 4.78 is 0. The molecule has 0 aliphatic rings. The third-order valence-electron chi connectivity index (χ3n) is 1.51. The molecule has 0 spiro atoms. The van der Waals surface area contributed by atoms with Crippen molar-refractivity contribution in [2.75, 3.05) is 0 Å². The Labute approximate surface area is 62.8 Å². The van der Waals surface area contributed by atoms with Crippen LogP contribution in [0.1, 0.15) is 33.1 Å². The number of unbranched alkanes of at least 4 members (excludes halogenated alkanes) is 1. The molecule has 0 heterocycles. The standard InChI is InChI=1S/C8H16NO/c1-3-5-6-8(10)7(9)4-2/h4,7H,3,5-6,9H2,1-2H3. The third kappa shape index (κ3) is 3.62. The first-order valence-electron chi connectivity index (χ1n) is 3.80. The Bertz CT molecular complexity index is 101. The van der Waals surface area contributed by atoms with Crippen molar-refractivity contribution in [2.45, 2.75) is 39.2 Å². The first kappa shape index (κ1) is 9.63. The van der Waals surface area contributed by atoms with Crippen LogP contribution in [-0.4, -0.2) is 11.8 Å². The van der Waals surface area contributed by atoms with Gasteiger partial charge in [-0.1, -0.05) is 20.3 Å². The molecule has 0 aromatic carbocycles. The zero-order valence-electron chi connectivity index (χ0n) is 6.76. The summed E-state index contributed by atoms with van der Waals surface area (Å²) in [6.45, 7) is 3.88. The summed E-state index contributed by atoms with van der Waals surface area (Å²) in [5.41, 5.74) is 5.45. The summed E-state index contributed by atoms with van der Waals surface area (Å²) in [6, 6.07) is -0.341. The molecule has 1 atom stereocenters. The molecule has 2 heteroatoms. The molecular formula is C8H16NO. The van der Waals surface area contributed by atoms with Gasteiger partial charge in [0.05, 0.1) is 6.04 Å². The number of carbonyl (C=O) groups excluding carboxylic acids is 1. The van der Waals surface area contributed by atoms with Crippen molar-refractivity contribution in [1.82, 2.24) is 0 Å². The number of rotatable bonds is 5. The van der Waals surface area contributed by atoms with Crippen LogP contribution in [0.5, 0.6) is 0 Å². The maximum absolute atomic E-state index is 11.0. The maximum atomic E-state index is 11.0. The van der Waals surface area contributed by atoms with Crippen LogP contribution >= 0.6 is 0 Å². The van der Waals surface area contributed by atoms with Gasteiger partial charge < -0.3 is 5.73 Å². The summed E-state index contributed by atoms with van der Waals surface area (Å²) >= 11 is 0. The molecule has 0 saturated heterocycles. The molecule has 1 radical (unpaired) electrons. The number of hydrogen-bond acceptors (Lipinski definition) is 2. The van der Waals surface area contributed by atoms with E-state index < -0.39 is 0 Å². The van der Waals surface area contributed by atoms with Crippen molar-refractivity contribution in [3.8, 4) is 0 Å². The van der Waals surface area contributed by atoms with E-state index >= 15 is 0 Å². The van der Waals surface area contributed by atoms with E-state index in [1.54, 1.807) is 6.42 Å². The van der Waals surface area contributed by atoms with Gasteiger partial charge in [-0.2, -0.15) is 0 Å². The topological polar surface area (TPSA) is 43.1 Å². The van der Waals surface area contributed by atoms with Gasteiger partial charge in [0.15, 0.2) is 0 Å². The highest BCUT2D eigenvalue weighted by atomic mass is 16.1. The van der Waals surface area contributed by atoms with Gasteiger partial charge >= 0.3 is 0 Å². The average molecular weight is 142 g/mol. The summed E-state index contributed by atoms with van der Waals surface area (Å²) in [6.07, 6.45) is 4.38. The second-order valence-electron chi connectivity index (χ2n) is 2.43. The lowest BCUT2D eigenvalue weighted by atomic mass is 10.1. The van der Waals surface area contributed by atoms with Crippen LogP contribution in [0, 0.1) is 6.42 Å². The average Bonchev–Trinajstić information content (AvgIpc) is 1.98. The first-order chi connectivity index (χ1) is 4.72. The van der Waals surface area contributed by atoms with Crippen molar-refractivity contribution < 1.29 is 4.79 Å². The highest BCUT2D eigenvalue weighted by Crippen LogP contribution is 1.98. The van der Waals surface area contributed by atoms with Gasteiger partial charge in [-0.05, 0) is 12.8 Å². The Kier molecular flexibility index (Phi) is 5.22. The lowest BCUT2D eigenvalue weighted by molar-refractivity contribution is -0.119. The van der Waals surface area contributed by atoms with Crippen LogP contribution < -0.4 is 5.73 Å². The quantitative estimate of drug-likeness (QED) is 0.628. The number of carbonyl (C=O) groups is 1. The van der Waals surface area contributed by atoms with E-state index in [2.05, 4.69) is 6.92 Å². The van der Waals surface area contributed by atoms with Crippen LogP contribution in [0.4, 0.5) is 0 Å². The highest BCUT2D eigenvalue weighted by Gasteiger charge is 2.08. The largest absolute Gasteiger partial charge is 0.321 e. The molecule has 0 bridgehead atoms. The first-order valence-corrected chi connectivity index (χ1v) is 3.80. The van der Waals surface area contributed by atoms with Crippen molar-refractivity contribution >= 4 is 5.78 Å². The lowest BCUT2D eigenvalue weighted by Gasteiger charge is -2.04. The molecule has 0 fully saturated rings. The summed E-state index contributed by atoms with van der Waals surface area (Å²) in [4.78, 5) is 11.0. The van der Waals surface area contributed by atoms with E-state index in [4.69, 9.17) is 5.73 Å². The fourth-order valence-electron chi connectivity index (χ4n) is 0.704. The van der Waals surface area contributed by atoms with Crippen LogP contribution in [0.3, 0.4) is 0 Å². The molecule has 0 saturated carbocycles. The van der Waals surface area contributed by atoms with E-state index in [1.807, 2.05) is 6.92 Å². The van der Waals surface area contributed by atoms with Crippen LogP contribution in [-0.2, 0) is 4.79 Å². The van der Waals surface area contributed by atoms with Gasteiger partial charge in [-0.25, -0.2) is 0 Å². The summed E-state index contributed by atoms with van der Waals surface area (Å²) in [5, 5.41) is 0. The Morgan fingerprint density at radius 3 is 2.70 bits per heavy atom. The smallest absolute Gasteiger partial charge is 0.149 e. The van der Waals surface area contributed by atoms with E-state index in [-0.39, 0.29) is 11.8 Å². The number of hydrogen-bond donors (Lipinski definition) is 1. The minimum atomic E-state index is -0.341. The molecule has 10 heavy (non-hydrogen) atoms. The lowest BCUT2D eigenvalue weighted by Crippen LogP contribution is -2.29. The number of Topliss-reactive ketones (excluding diaryl/α,β-unsaturated/α-hetero) is 1. The minimum Gasteiger partial charge on any atom is -0.321 e. The van der Waals surface area contributed by atoms with Crippen LogP contribution in [0.25, 0.3) is 0 Å². The SMILES string of the molecule is C[CH]C(N)C(=O)CCCC. The third-order valence-corrected chi connectivity index (χ3v) is 1.51. The van der Waals surface area contributed by atoms with Gasteiger partial charge in [-0.3, -0.25) is 4.79 Å². The van der Waals surface area contributed by atoms with Crippen molar-refractivity contribution in [1.29, 1.82) is 0 Å². The van der Waals surface area contributed by atoms with Gasteiger partial charge in [0.1, 0.15) is 5.78 Å². The second-order valence-corrected chi connectivity index (χ2v) is 2.43. The highest BCUT2D eigenvalue weighted by molar-refractivity contribution is 5.84. The molecule has 0 aromatic heterocycles. The normalized spacial score (nSPS) is 13.1. The predicted molar refractivity (Wildman–Crippen MR) is 42.5 cm³/mol. The Balaban J connectivity index is 3.42. The van der Waals surface area contributed by atoms with Gasteiger partial charge in [-0.15, -0.1) is 0 Å². The summed E-state index contributed by atoms with van der Waals surface area (Å²) in [7, 11) is 0. The molecule has 1 unspecified atom stereocenters. The zero-order chi connectivity index (χ0) is 7.98. The monoisotopic (exact) mass is 142 g/mol. The fourth-order valence-corrected chi connectivity index (χ4v) is 0.704. The van der Waals surface area contributed by atoms with Gasteiger partial charge in [0.2, 0.25) is 0 Å².